The van der Waals surface area contributed by atoms with Crippen molar-refractivity contribution in [3.05, 3.63) is 0 Å². The van der Waals surface area contributed by atoms with Gasteiger partial charge in [-0.05, 0) is 6.92 Å². The van der Waals surface area contributed by atoms with Gasteiger partial charge in [0.25, 0.3) is 0 Å². The van der Waals surface area contributed by atoms with Gasteiger partial charge in [-0.2, -0.15) is 8.42 Å². The van der Waals surface area contributed by atoms with Crippen molar-refractivity contribution in [3.63, 3.8) is 0 Å². The van der Waals surface area contributed by atoms with E-state index in [-0.39, 0.29) is 0 Å². The fourth-order valence-electron chi connectivity index (χ4n) is 7.20. The second-order valence-corrected chi connectivity index (χ2v) is 15.4. The quantitative estimate of drug-likeness (QED) is 0.0680. The van der Waals surface area contributed by atoms with Crippen molar-refractivity contribution in [2.45, 2.75) is 150 Å². The Hall–Kier alpha value is -2.36. The minimum Gasteiger partial charge on any atom is -0.394 e. The lowest BCUT2D eigenvalue weighted by Gasteiger charge is -2.51. The first-order chi connectivity index (χ1) is 27.1. The lowest BCUT2D eigenvalue weighted by Crippen LogP contribution is -2.71. The van der Waals surface area contributed by atoms with Crippen LogP contribution in [0.15, 0.2) is 0 Å². The molecule has 0 aromatic carbocycles. The van der Waals surface area contributed by atoms with Crippen molar-refractivity contribution in [1.82, 2.24) is 16.0 Å². The van der Waals surface area contributed by atoms with Crippen molar-refractivity contribution >= 4 is 28.1 Å². The van der Waals surface area contributed by atoms with Gasteiger partial charge in [0.1, 0.15) is 85.3 Å². The van der Waals surface area contributed by atoms with E-state index < -0.39 is 177 Å². The van der Waals surface area contributed by atoms with E-state index in [4.69, 9.17) is 38.9 Å². The molecule has 4 rings (SSSR count). The minimum absolute atomic E-state index is 0.597. The highest BCUT2D eigenvalue weighted by Crippen LogP contribution is 2.34. The van der Waals surface area contributed by atoms with Gasteiger partial charge in [0, 0.05) is 20.8 Å². The molecule has 4 aliphatic heterocycles. The largest absolute Gasteiger partial charge is 0.397 e. The van der Waals surface area contributed by atoms with Crippen molar-refractivity contribution in [2.75, 3.05) is 26.4 Å². The second-order valence-electron chi connectivity index (χ2n) is 14.3. The minimum atomic E-state index is -5.04. The SMILES string of the molecule is CC(=O)N[C@H]1C(OC2C(O)[C@@H](NC(C)=O)[C@@H](C)O[C@H]2COS(=O)(=O)O)O[C@H](CO)C(O[C@@H]2O[C@@H](CO)C(OC3O[C@H](CO)C(O)C(O)[C@H]3N)C(O)[C@H]2NC(C)=O)C1O. The van der Waals surface area contributed by atoms with Gasteiger partial charge in [0.05, 0.1) is 44.6 Å². The van der Waals surface area contributed by atoms with E-state index in [1.54, 1.807) is 0 Å². The average molecular weight is 867 g/mol. The molecule has 4 saturated heterocycles. The molecule has 14 N–H and O–H groups in total. The van der Waals surface area contributed by atoms with Gasteiger partial charge in [0.15, 0.2) is 18.9 Å². The number of nitrogens with two attached hydrogens (primary N) is 1. The van der Waals surface area contributed by atoms with Crippen molar-refractivity contribution in [3.8, 4) is 0 Å². The standard InChI is InChI=1S/C31H54N4O22S/c1-9-18(33-10(2)39)23(44)28(16(51-9)8-50-58(47,48)49)57-31-20(35-12(4)41)25(46)27(15(7-38)54-31)56-30-19(34-11(3)40)24(45)26(14(6-37)53-30)55-29-17(32)22(43)21(42)13(5-36)52-29/h9,13-31,36-38,42-46H,5-8,32H2,1-4H3,(H,33,39)(H,34,40)(H,35,41)(H,47,48,49)/t9-,13-,14+,15-,16+,17-,18+,19-,20-,21?,22?,23?,24?,25?,26?,27?,28?,29?,30+,31?/m1/s1. The molecule has 10 unspecified atom stereocenters. The Kier molecular flexibility index (Phi) is 17.0. The highest BCUT2D eigenvalue weighted by molar-refractivity contribution is 7.80. The summed E-state index contributed by atoms with van der Waals surface area (Å²) in [6, 6.07) is -5.87. The zero-order valence-electron chi connectivity index (χ0n) is 31.7. The molecule has 20 atom stereocenters. The Morgan fingerprint density at radius 1 is 0.586 bits per heavy atom. The number of nitrogens with one attached hydrogen (secondary N) is 3. The molecular formula is C31H54N4O22S. The third-order valence-corrected chi connectivity index (χ3v) is 10.4. The maximum Gasteiger partial charge on any atom is 0.397 e. The van der Waals surface area contributed by atoms with E-state index in [1.165, 1.54) is 6.92 Å². The van der Waals surface area contributed by atoms with Crippen LogP contribution in [0, 0.1) is 0 Å². The summed E-state index contributed by atoms with van der Waals surface area (Å²) in [5.74, 6) is -2.12. The molecular weight excluding hydrogens is 812 g/mol. The summed E-state index contributed by atoms with van der Waals surface area (Å²) in [7, 11) is -5.04. The summed E-state index contributed by atoms with van der Waals surface area (Å²) in [4.78, 5) is 36.7. The van der Waals surface area contributed by atoms with Crippen LogP contribution in [0.3, 0.4) is 0 Å². The zero-order valence-corrected chi connectivity index (χ0v) is 32.5. The average Bonchev–Trinajstić information content (AvgIpc) is 3.14. The Balaban J connectivity index is 1.62. The van der Waals surface area contributed by atoms with Gasteiger partial charge in [-0.25, -0.2) is 4.18 Å². The molecule has 336 valence electrons. The Labute approximate surface area is 331 Å². The van der Waals surface area contributed by atoms with Crippen LogP contribution in [0.1, 0.15) is 27.7 Å². The molecule has 58 heavy (non-hydrogen) atoms. The summed E-state index contributed by atoms with van der Waals surface area (Å²) in [5.41, 5.74) is 5.98. The summed E-state index contributed by atoms with van der Waals surface area (Å²) < 4.78 is 77.4. The molecule has 4 fully saturated rings. The highest BCUT2D eigenvalue weighted by Gasteiger charge is 2.56. The van der Waals surface area contributed by atoms with Crippen LogP contribution in [-0.4, -0.2) is 220 Å². The number of amides is 3. The second kappa shape index (κ2) is 20.5. The van der Waals surface area contributed by atoms with Crippen LogP contribution in [0.4, 0.5) is 0 Å². The van der Waals surface area contributed by atoms with Gasteiger partial charge in [-0.3, -0.25) is 18.9 Å². The van der Waals surface area contributed by atoms with Crippen LogP contribution in [0.5, 0.6) is 0 Å². The van der Waals surface area contributed by atoms with Gasteiger partial charge >= 0.3 is 10.4 Å². The van der Waals surface area contributed by atoms with Crippen LogP contribution in [0.2, 0.25) is 0 Å². The fourth-order valence-corrected chi connectivity index (χ4v) is 7.51. The third-order valence-electron chi connectivity index (χ3n) is 9.97. The number of hydrogen-bond donors (Lipinski definition) is 13. The number of ether oxygens (including phenoxy) is 7. The number of aliphatic hydroxyl groups excluding tert-OH is 8. The van der Waals surface area contributed by atoms with E-state index >= 15 is 0 Å². The maximum atomic E-state index is 12.4. The number of carbonyl (C=O) groups excluding carboxylic acids is 3. The highest BCUT2D eigenvalue weighted by atomic mass is 32.3. The molecule has 0 aliphatic carbocycles. The number of rotatable bonds is 15. The number of hydrogen-bond acceptors (Lipinski definition) is 22. The molecule has 26 nitrogen and oxygen atoms in total. The summed E-state index contributed by atoms with van der Waals surface area (Å²) in [6.45, 7) is 1.16. The maximum absolute atomic E-state index is 12.4. The molecule has 0 aromatic heterocycles. The number of carbonyl (C=O) groups is 3. The Morgan fingerprint density at radius 2 is 0.966 bits per heavy atom. The normalized spacial score (nSPS) is 43.6. The van der Waals surface area contributed by atoms with E-state index in [0.717, 1.165) is 20.8 Å². The van der Waals surface area contributed by atoms with E-state index in [1.807, 2.05) is 0 Å². The first-order valence-corrected chi connectivity index (χ1v) is 19.5. The van der Waals surface area contributed by atoms with E-state index in [9.17, 15) is 68.2 Å². The first kappa shape index (κ1) is 48.3. The summed E-state index contributed by atoms with van der Waals surface area (Å²) in [6.07, 6.45) is -26.0. The molecule has 0 aromatic rings. The molecule has 4 heterocycles. The van der Waals surface area contributed by atoms with Gasteiger partial charge < -0.3 is 95.7 Å². The fraction of sp³-hybridized carbons (Fsp3) is 0.903. The van der Waals surface area contributed by atoms with Gasteiger partial charge in [-0.1, -0.05) is 0 Å². The van der Waals surface area contributed by atoms with Crippen LogP contribution >= 0.6 is 0 Å². The van der Waals surface area contributed by atoms with Crippen LogP contribution in [-0.2, 0) is 62.1 Å². The lowest BCUT2D eigenvalue weighted by atomic mass is 9.92. The molecule has 27 heteroatoms. The smallest absolute Gasteiger partial charge is 0.394 e. The molecule has 4 aliphatic rings. The van der Waals surface area contributed by atoms with Crippen molar-refractivity contribution in [1.29, 1.82) is 0 Å². The van der Waals surface area contributed by atoms with Gasteiger partial charge in [-0.15, -0.1) is 0 Å². The van der Waals surface area contributed by atoms with E-state index in [0.29, 0.717) is 0 Å². The monoisotopic (exact) mass is 866 g/mol. The van der Waals surface area contributed by atoms with E-state index in [2.05, 4.69) is 20.1 Å². The molecule has 0 bridgehead atoms. The summed E-state index contributed by atoms with van der Waals surface area (Å²) in [5, 5.41) is 92.8. The molecule has 0 spiro atoms. The van der Waals surface area contributed by atoms with Crippen molar-refractivity contribution in [2.24, 2.45) is 5.73 Å². The molecule has 3 amide bonds. The predicted octanol–water partition coefficient (Wildman–Crippen LogP) is -8.45. The summed E-state index contributed by atoms with van der Waals surface area (Å²) >= 11 is 0. The topological polar surface area (TPSA) is 403 Å². The molecule has 0 saturated carbocycles. The third kappa shape index (κ3) is 11.5. The van der Waals surface area contributed by atoms with Crippen molar-refractivity contribution < 1.29 is 106 Å². The number of aliphatic hydroxyl groups is 8. The predicted molar refractivity (Wildman–Crippen MR) is 185 cm³/mol. The lowest BCUT2D eigenvalue weighted by molar-refractivity contribution is -0.358. The van der Waals surface area contributed by atoms with Crippen LogP contribution in [0.25, 0.3) is 0 Å². The first-order valence-electron chi connectivity index (χ1n) is 18.1. The van der Waals surface area contributed by atoms with Crippen LogP contribution < -0.4 is 21.7 Å². The Bertz CT molecular complexity index is 1500. The zero-order chi connectivity index (χ0) is 43.4. The molecule has 0 radical (unpaired) electrons. The van der Waals surface area contributed by atoms with Gasteiger partial charge in [0.2, 0.25) is 17.7 Å². The Morgan fingerprint density at radius 3 is 1.38 bits per heavy atom.